The maximum atomic E-state index is 9.79. The number of nitrogens with zero attached hydrogens (tertiary/aromatic N) is 1. The third-order valence-electron chi connectivity index (χ3n) is 3.36. The van der Waals surface area contributed by atoms with Gasteiger partial charge in [-0.25, -0.2) is 0 Å². The van der Waals surface area contributed by atoms with Gasteiger partial charge >= 0.3 is 0 Å². The fourth-order valence-corrected chi connectivity index (χ4v) is 3.23. The third kappa shape index (κ3) is 2.24. The van der Waals surface area contributed by atoms with E-state index in [-0.39, 0.29) is 6.10 Å². The molecule has 2 fully saturated rings. The molecule has 2 saturated heterocycles. The average Bonchev–Trinajstić information content (AvgIpc) is 2.65. The van der Waals surface area contributed by atoms with E-state index < -0.39 is 0 Å². The lowest BCUT2D eigenvalue weighted by molar-refractivity contribution is 0.0723. The van der Waals surface area contributed by atoms with Gasteiger partial charge in [0, 0.05) is 30.9 Å². The molecule has 1 unspecified atom stereocenters. The van der Waals surface area contributed by atoms with Gasteiger partial charge in [0.15, 0.2) is 0 Å². The molecule has 0 aliphatic carbocycles. The molecule has 2 aliphatic heterocycles. The standard InChI is InChI=1S/C10H20N2OS/c1-14-8-3-2-4-12(7-8)9-5-11-6-10(9)13/h8-11,13H,2-7H2,1H3/t8?,9-,10-/m1/s1. The summed E-state index contributed by atoms with van der Waals surface area (Å²) in [6.07, 6.45) is 4.66. The summed E-state index contributed by atoms with van der Waals surface area (Å²) in [6, 6.07) is 0.366. The van der Waals surface area contributed by atoms with E-state index in [1.807, 2.05) is 11.8 Å². The van der Waals surface area contributed by atoms with Gasteiger partial charge in [0.25, 0.3) is 0 Å². The Morgan fingerprint density at radius 3 is 2.93 bits per heavy atom. The van der Waals surface area contributed by atoms with E-state index in [1.165, 1.54) is 19.4 Å². The lowest BCUT2D eigenvalue weighted by atomic mass is 10.1. The van der Waals surface area contributed by atoms with Crippen LogP contribution in [0.3, 0.4) is 0 Å². The number of rotatable bonds is 2. The van der Waals surface area contributed by atoms with E-state index in [9.17, 15) is 5.11 Å². The first-order valence-corrected chi connectivity index (χ1v) is 6.75. The van der Waals surface area contributed by atoms with Crippen molar-refractivity contribution >= 4 is 11.8 Å². The topological polar surface area (TPSA) is 35.5 Å². The van der Waals surface area contributed by atoms with Crippen LogP contribution in [0.5, 0.6) is 0 Å². The molecule has 3 atom stereocenters. The van der Waals surface area contributed by atoms with Crippen LogP contribution in [0, 0.1) is 0 Å². The second-order valence-corrected chi connectivity index (χ2v) is 5.43. The number of piperidine rings is 1. The molecule has 2 N–H and O–H groups in total. The fourth-order valence-electron chi connectivity index (χ4n) is 2.48. The van der Waals surface area contributed by atoms with Crippen LogP contribution in [0.4, 0.5) is 0 Å². The van der Waals surface area contributed by atoms with Gasteiger partial charge in [0.2, 0.25) is 0 Å². The number of likely N-dealkylation sites (tertiary alicyclic amines) is 1. The van der Waals surface area contributed by atoms with Crippen molar-refractivity contribution in [2.75, 3.05) is 32.4 Å². The lowest BCUT2D eigenvalue weighted by Crippen LogP contribution is -2.48. The Morgan fingerprint density at radius 2 is 2.29 bits per heavy atom. The van der Waals surface area contributed by atoms with E-state index in [0.29, 0.717) is 6.04 Å². The largest absolute Gasteiger partial charge is 0.390 e. The molecule has 0 aromatic rings. The first-order chi connectivity index (χ1) is 6.81. The molecule has 0 aromatic carbocycles. The number of aliphatic hydroxyl groups is 1. The Labute approximate surface area is 90.2 Å². The van der Waals surface area contributed by atoms with Crippen molar-refractivity contribution in [2.45, 2.75) is 30.2 Å². The fraction of sp³-hybridized carbons (Fsp3) is 1.00. The zero-order valence-electron chi connectivity index (χ0n) is 8.78. The first kappa shape index (κ1) is 10.7. The van der Waals surface area contributed by atoms with Crippen LogP contribution in [-0.2, 0) is 0 Å². The van der Waals surface area contributed by atoms with Crippen molar-refractivity contribution in [3.8, 4) is 0 Å². The molecule has 0 amide bonds. The third-order valence-corrected chi connectivity index (χ3v) is 4.41. The minimum absolute atomic E-state index is 0.157. The van der Waals surface area contributed by atoms with Gasteiger partial charge in [0.1, 0.15) is 0 Å². The smallest absolute Gasteiger partial charge is 0.0831 e. The zero-order chi connectivity index (χ0) is 9.97. The maximum absolute atomic E-state index is 9.79. The average molecular weight is 216 g/mol. The number of β-amino-alcohol motifs (C(OH)–C–C–N with tert-alkyl or cyclic N) is 1. The van der Waals surface area contributed by atoms with Gasteiger partial charge in [0.05, 0.1) is 6.10 Å². The number of hydrogen-bond acceptors (Lipinski definition) is 4. The van der Waals surface area contributed by atoms with Gasteiger partial charge in [-0.1, -0.05) is 0 Å². The second kappa shape index (κ2) is 4.84. The maximum Gasteiger partial charge on any atom is 0.0831 e. The normalized spacial score (nSPS) is 40.3. The molecular weight excluding hydrogens is 196 g/mol. The zero-order valence-corrected chi connectivity index (χ0v) is 9.59. The summed E-state index contributed by atoms with van der Waals surface area (Å²) in [4.78, 5) is 2.47. The Bertz CT molecular complexity index is 191. The van der Waals surface area contributed by atoms with Crippen LogP contribution in [-0.4, -0.2) is 59.8 Å². The highest BCUT2D eigenvalue weighted by atomic mass is 32.2. The highest BCUT2D eigenvalue weighted by molar-refractivity contribution is 7.99. The lowest BCUT2D eigenvalue weighted by Gasteiger charge is -2.37. The number of hydrogen-bond donors (Lipinski definition) is 2. The van der Waals surface area contributed by atoms with Crippen LogP contribution in [0.25, 0.3) is 0 Å². The van der Waals surface area contributed by atoms with E-state index in [0.717, 1.165) is 24.9 Å². The molecule has 0 bridgehead atoms. The summed E-state index contributed by atoms with van der Waals surface area (Å²) in [5.74, 6) is 0. The molecule has 2 aliphatic rings. The molecule has 2 heterocycles. The summed E-state index contributed by atoms with van der Waals surface area (Å²) in [5.41, 5.74) is 0. The molecule has 0 saturated carbocycles. The van der Waals surface area contributed by atoms with Crippen LogP contribution in [0.15, 0.2) is 0 Å². The van der Waals surface area contributed by atoms with E-state index in [2.05, 4.69) is 16.5 Å². The van der Waals surface area contributed by atoms with Gasteiger partial charge in [-0.05, 0) is 25.6 Å². The number of nitrogens with one attached hydrogen (secondary N) is 1. The summed E-state index contributed by atoms with van der Waals surface area (Å²) in [7, 11) is 0. The molecule has 0 aromatic heterocycles. The Morgan fingerprint density at radius 1 is 1.43 bits per heavy atom. The van der Waals surface area contributed by atoms with Gasteiger partial charge in [-0.3, -0.25) is 4.90 Å². The second-order valence-electron chi connectivity index (χ2n) is 4.29. The molecule has 2 rings (SSSR count). The van der Waals surface area contributed by atoms with Crippen LogP contribution >= 0.6 is 11.8 Å². The van der Waals surface area contributed by atoms with Gasteiger partial charge < -0.3 is 10.4 Å². The minimum Gasteiger partial charge on any atom is -0.390 e. The van der Waals surface area contributed by atoms with Crippen LogP contribution in [0.1, 0.15) is 12.8 Å². The quantitative estimate of drug-likeness (QED) is 0.689. The van der Waals surface area contributed by atoms with Crippen LogP contribution < -0.4 is 5.32 Å². The van der Waals surface area contributed by atoms with Crippen molar-refractivity contribution in [1.29, 1.82) is 0 Å². The summed E-state index contributed by atoms with van der Waals surface area (Å²) >= 11 is 1.97. The van der Waals surface area contributed by atoms with Gasteiger partial charge in [-0.15, -0.1) is 0 Å². The molecule has 0 spiro atoms. The summed E-state index contributed by atoms with van der Waals surface area (Å²) in [5, 5.41) is 13.8. The highest BCUT2D eigenvalue weighted by Crippen LogP contribution is 2.23. The van der Waals surface area contributed by atoms with Crippen LogP contribution in [0.2, 0.25) is 0 Å². The van der Waals surface area contributed by atoms with Crippen molar-refractivity contribution in [2.24, 2.45) is 0 Å². The predicted molar refractivity (Wildman–Crippen MR) is 60.8 cm³/mol. The minimum atomic E-state index is -0.157. The molecule has 82 valence electrons. The predicted octanol–water partition coefficient (Wildman–Crippen LogP) is 0.146. The Kier molecular flexibility index (Phi) is 3.71. The van der Waals surface area contributed by atoms with E-state index in [4.69, 9.17) is 0 Å². The first-order valence-electron chi connectivity index (χ1n) is 5.47. The molecule has 0 radical (unpaired) electrons. The Hall–Kier alpha value is 0.230. The van der Waals surface area contributed by atoms with Crippen molar-refractivity contribution in [1.82, 2.24) is 10.2 Å². The summed E-state index contributed by atoms with van der Waals surface area (Å²) in [6.45, 7) is 4.05. The van der Waals surface area contributed by atoms with E-state index >= 15 is 0 Å². The number of thioether (sulfide) groups is 1. The Balaban J connectivity index is 1.90. The SMILES string of the molecule is CSC1CCCN([C@@H]2CNC[C@H]2O)C1. The molecular formula is C10H20N2OS. The number of aliphatic hydroxyl groups excluding tert-OH is 1. The van der Waals surface area contributed by atoms with Crippen molar-refractivity contribution < 1.29 is 5.11 Å². The monoisotopic (exact) mass is 216 g/mol. The van der Waals surface area contributed by atoms with Crippen molar-refractivity contribution in [3.05, 3.63) is 0 Å². The van der Waals surface area contributed by atoms with Gasteiger partial charge in [-0.2, -0.15) is 11.8 Å². The summed E-state index contributed by atoms with van der Waals surface area (Å²) < 4.78 is 0. The molecule has 4 heteroatoms. The van der Waals surface area contributed by atoms with E-state index in [1.54, 1.807) is 0 Å². The highest BCUT2D eigenvalue weighted by Gasteiger charge is 2.33. The van der Waals surface area contributed by atoms with Crippen molar-refractivity contribution in [3.63, 3.8) is 0 Å². The molecule has 3 nitrogen and oxygen atoms in total. The molecule has 14 heavy (non-hydrogen) atoms.